The van der Waals surface area contributed by atoms with E-state index in [-0.39, 0.29) is 18.0 Å². The maximum absolute atomic E-state index is 12.3. The molecule has 140 valence electrons. The maximum Gasteiger partial charge on any atom is 0.410 e. The van der Waals surface area contributed by atoms with Gasteiger partial charge in [0, 0.05) is 24.4 Å². The van der Waals surface area contributed by atoms with Crippen LogP contribution in [0.5, 0.6) is 0 Å². The van der Waals surface area contributed by atoms with E-state index in [9.17, 15) is 9.59 Å². The van der Waals surface area contributed by atoms with Crippen LogP contribution in [0.25, 0.3) is 0 Å². The van der Waals surface area contributed by atoms with Crippen molar-refractivity contribution in [1.29, 1.82) is 0 Å². The van der Waals surface area contributed by atoms with Crippen LogP contribution >= 0.6 is 11.3 Å². The fourth-order valence-corrected chi connectivity index (χ4v) is 3.75. The normalized spacial score (nSPS) is 19.0. The molecule has 2 heterocycles. The quantitative estimate of drug-likeness (QED) is 0.747. The standard InChI is InChI=1S/C18H28N2O4S/c1-5-23-16(21)14-12-25-15(19-14)13-8-6-7-10-20(11-9-13)17(22)24-18(2,3)4/h12-13H,5-11H2,1-4H3. The zero-order chi connectivity index (χ0) is 18.4. The van der Waals surface area contributed by atoms with E-state index in [1.165, 1.54) is 11.3 Å². The van der Waals surface area contributed by atoms with E-state index in [4.69, 9.17) is 9.47 Å². The monoisotopic (exact) mass is 368 g/mol. The van der Waals surface area contributed by atoms with Gasteiger partial charge in [-0.05, 0) is 47.0 Å². The lowest BCUT2D eigenvalue weighted by Crippen LogP contribution is -2.39. The number of ether oxygens (including phenoxy) is 2. The molecule has 1 saturated heterocycles. The molecule has 0 aromatic carbocycles. The van der Waals surface area contributed by atoms with E-state index in [1.54, 1.807) is 17.2 Å². The molecule has 0 saturated carbocycles. The number of likely N-dealkylation sites (tertiary alicyclic amines) is 1. The van der Waals surface area contributed by atoms with Crippen LogP contribution < -0.4 is 0 Å². The van der Waals surface area contributed by atoms with Gasteiger partial charge >= 0.3 is 12.1 Å². The number of rotatable bonds is 3. The van der Waals surface area contributed by atoms with Crippen LogP contribution in [0.4, 0.5) is 4.79 Å². The molecule has 1 aromatic rings. The summed E-state index contributed by atoms with van der Waals surface area (Å²) in [4.78, 5) is 30.4. The third kappa shape index (κ3) is 5.99. The zero-order valence-electron chi connectivity index (χ0n) is 15.5. The lowest BCUT2D eigenvalue weighted by Gasteiger charge is -2.30. The number of aromatic nitrogens is 1. The SMILES string of the molecule is CCOC(=O)c1csc(C2CCCCN(C(=O)OC(C)(C)C)CC2)n1. The number of nitrogens with zero attached hydrogens (tertiary/aromatic N) is 2. The van der Waals surface area contributed by atoms with Crippen LogP contribution in [0.2, 0.25) is 0 Å². The molecule has 25 heavy (non-hydrogen) atoms. The number of amides is 1. The molecule has 0 spiro atoms. The van der Waals surface area contributed by atoms with Crippen molar-refractivity contribution in [1.82, 2.24) is 9.88 Å². The summed E-state index contributed by atoms with van der Waals surface area (Å²) in [6.07, 6.45) is 3.58. The van der Waals surface area contributed by atoms with Gasteiger partial charge in [-0.25, -0.2) is 14.6 Å². The first-order valence-electron chi connectivity index (χ1n) is 8.90. The van der Waals surface area contributed by atoms with Gasteiger partial charge < -0.3 is 14.4 Å². The lowest BCUT2D eigenvalue weighted by atomic mass is 9.96. The average Bonchev–Trinajstić information content (AvgIpc) is 2.95. The van der Waals surface area contributed by atoms with Gasteiger partial charge in [-0.2, -0.15) is 0 Å². The molecule has 1 atom stereocenters. The van der Waals surface area contributed by atoms with Crippen LogP contribution in [-0.4, -0.2) is 47.2 Å². The summed E-state index contributed by atoms with van der Waals surface area (Å²) in [5.41, 5.74) is -0.101. The molecule has 1 unspecified atom stereocenters. The Kier molecular flexibility index (Phi) is 6.81. The Morgan fingerprint density at radius 1 is 1.28 bits per heavy atom. The molecule has 0 N–H and O–H groups in total. The van der Waals surface area contributed by atoms with E-state index in [1.807, 2.05) is 20.8 Å². The van der Waals surface area contributed by atoms with Crippen molar-refractivity contribution >= 4 is 23.4 Å². The van der Waals surface area contributed by atoms with E-state index in [0.29, 0.717) is 18.8 Å². The number of hydrogen-bond donors (Lipinski definition) is 0. The first-order valence-corrected chi connectivity index (χ1v) is 9.78. The minimum Gasteiger partial charge on any atom is -0.461 e. The van der Waals surface area contributed by atoms with Gasteiger partial charge in [-0.15, -0.1) is 11.3 Å². The second-order valence-electron chi connectivity index (χ2n) is 7.24. The predicted octanol–water partition coefficient (Wildman–Crippen LogP) is 4.21. The molecule has 2 rings (SSSR count). The van der Waals surface area contributed by atoms with Crippen LogP contribution in [0.1, 0.15) is 74.8 Å². The van der Waals surface area contributed by atoms with Crippen molar-refractivity contribution in [2.45, 2.75) is 64.9 Å². The van der Waals surface area contributed by atoms with E-state index in [0.717, 1.165) is 37.2 Å². The van der Waals surface area contributed by atoms with Crippen molar-refractivity contribution in [3.8, 4) is 0 Å². The molecular formula is C18H28N2O4S. The largest absolute Gasteiger partial charge is 0.461 e. The molecule has 1 aromatic heterocycles. The third-order valence-corrected chi connectivity index (χ3v) is 4.99. The summed E-state index contributed by atoms with van der Waals surface area (Å²) < 4.78 is 10.5. The number of esters is 1. The molecule has 1 amide bonds. The molecule has 0 aliphatic carbocycles. The van der Waals surface area contributed by atoms with Crippen LogP contribution in [-0.2, 0) is 9.47 Å². The smallest absolute Gasteiger partial charge is 0.410 e. The van der Waals surface area contributed by atoms with Crippen LogP contribution in [0, 0.1) is 0 Å². The molecule has 7 heteroatoms. The van der Waals surface area contributed by atoms with E-state index >= 15 is 0 Å². The Morgan fingerprint density at radius 3 is 2.72 bits per heavy atom. The van der Waals surface area contributed by atoms with Crippen molar-refractivity contribution in [2.24, 2.45) is 0 Å². The topological polar surface area (TPSA) is 68.7 Å². The Hall–Kier alpha value is -1.63. The maximum atomic E-state index is 12.3. The lowest BCUT2D eigenvalue weighted by molar-refractivity contribution is 0.0232. The summed E-state index contributed by atoms with van der Waals surface area (Å²) in [5, 5.41) is 2.71. The fourth-order valence-electron chi connectivity index (χ4n) is 2.79. The highest BCUT2D eigenvalue weighted by Gasteiger charge is 2.26. The van der Waals surface area contributed by atoms with Crippen molar-refractivity contribution < 1.29 is 19.1 Å². The van der Waals surface area contributed by atoms with Gasteiger partial charge in [0.2, 0.25) is 0 Å². The van der Waals surface area contributed by atoms with Gasteiger partial charge in [0.1, 0.15) is 5.60 Å². The van der Waals surface area contributed by atoms with Crippen LogP contribution in [0.15, 0.2) is 5.38 Å². The van der Waals surface area contributed by atoms with Crippen LogP contribution in [0.3, 0.4) is 0 Å². The summed E-state index contributed by atoms with van der Waals surface area (Å²) in [6, 6.07) is 0. The van der Waals surface area contributed by atoms with Gasteiger partial charge in [0.15, 0.2) is 5.69 Å². The van der Waals surface area contributed by atoms with Gasteiger partial charge in [-0.1, -0.05) is 6.42 Å². The summed E-state index contributed by atoms with van der Waals surface area (Å²) in [6.45, 7) is 9.14. The first kappa shape index (κ1) is 19.7. The molecule has 0 bridgehead atoms. The van der Waals surface area contributed by atoms with Gasteiger partial charge in [-0.3, -0.25) is 0 Å². The number of carbonyl (C=O) groups is 2. The number of thiazole rings is 1. The minimum absolute atomic E-state index is 0.250. The molecule has 1 fully saturated rings. The van der Waals surface area contributed by atoms with E-state index < -0.39 is 5.60 Å². The first-order chi connectivity index (χ1) is 11.8. The second kappa shape index (κ2) is 8.65. The predicted molar refractivity (Wildman–Crippen MR) is 97.1 cm³/mol. The number of carbonyl (C=O) groups excluding carboxylic acids is 2. The molecule has 6 nitrogen and oxygen atoms in total. The Morgan fingerprint density at radius 2 is 2.04 bits per heavy atom. The molecule has 1 aliphatic rings. The average molecular weight is 368 g/mol. The minimum atomic E-state index is -0.483. The van der Waals surface area contributed by atoms with Crippen molar-refractivity contribution in [3.63, 3.8) is 0 Å². The van der Waals surface area contributed by atoms with Crippen molar-refractivity contribution in [2.75, 3.05) is 19.7 Å². The highest BCUT2D eigenvalue weighted by molar-refractivity contribution is 7.09. The fraction of sp³-hybridized carbons (Fsp3) is 0.722. The summed E-state index contributed by atoms with van der Waals surface area (Å²) in [7, 11) is 0. The third-order valence-electron chi connectivity index (χ3n) is 3.99. The Labute approximate surface area is 153 Å². The summed E-state index contributed by atoms with van der Waals surface area (Å²) >= 11 is 1.50. The highest BCUT2D eigenvalue weighted by atomic mass is 32.1. The van der Waals surface area contributed by atoms with Gasteiger partial charge in [0.05, 0.1) is 11.6 Å². The van der Waals surface area contributed by atoms with Crippen molar-refractivity contribution in [3.05, 3.63) is 16.1 Å². The Balaban J connectivity index is 1.99. The molecule has 0 radical (unpaired) electrons. The Bertz CT molecular complexity index is 594. The highest BCUT2D eigenvalue weighted by Crippen LogP contribution is 2.30. The second-order valence-corrected chi connectivity index (χ2v) is 8.13. The van der Waals surface area contributed by atoms with E-state index in [2.05, 4.69) is 4.98 Å². The van der Waals surface area contributed by atoms with Gasteiger partial charge in [0.25, 0.3) is 0 Å². The number of hydrogen-bond acceptors (Lipinski definition) is 6. The summed E-state index contributed by atoms with van der Waals surface area (Å²) in [5.74, 6) is -0.107. The molecular weight excluding hydrogens is 340 g/mol. The zero-order valence-corrected chi connectivity index (χ0v) is 16.4. The molecule has 1 aliphatic heterocycles.